The quantitative estimate of drug-likeness (QED) is 0.856. The van der Waals surface area contributed by atoms with Gasteiger partial charge in [0.2, 0.25) is 5.88 Å². The van der Waals surface area contributed by atoms with Gasteiger partial charge in [-0.3, -0.25) is 0 Å². The van der Waals surface area contributed by atoms with Gasteiger partial charge in [0, 0.05) is 22.8 Å². The first kappa shape index (κ1) is 13.2. The molecule has 0 radical (unpaired) electrons. The maximum absolute atomic E-state index is 5.36. The first-order chi connectivity index (χ1) is 8.61. The first-order valence-electron chi connectivity index (χ1n) is 5.67. The zero-order valence-corrected chi connectivity index (χ0v) is 12.9. The molecular weight excluding hydrogens is 341 g/mol. The van der Waals surface area contributed by atoms with Crippen LogP contribution in [0.15, 0.2) is 24.3 Å². The van der Waals surface area contributed by atoms with Crippen LogP contribution in [0.4, 0.5) is 5.69 Å². The smallest absolute Gasteiger partial charge is 0.216 e. The van der Waals surface area contributed by atoms with E-state index < -0.39 is 0 Å². The van der Waals surface area contributed by atoms with Crippen molar-refractivity contribution in [3.05, 3.63) is 39.1 Å². The third kappa shape index (κ3) is 2.77. The molecule has 0 bridgehead atoms. The summed E-state index contributed by atoms with van der Waals surface area (Å²) in [7, 11) is 3.56. The highest BCUT2D eigenvalue weighted by Gasteiger charge is 2.13. The van der Waals surface area contributed by atoms with Crippen LogP contribution in [0.5, 0.6) is 5.88 Å². The molecule has 1 aromatic heterocycles. The van der Waals surface area contributed by atoms with Crippen LogP contribution in [0.2, 0.25) is 0 Å². The number of nitrogens with one attached hydrogen (secondary N) is 1. The molecule has 0 atom stereocenters. The van der Waals surface area contributed by atoms with Crippen molar-refractivity contribution in [2.45, 2.75) is 13.5 Å². The molecule has 1 N–H and O–H groups in total. The van der Waals surface area contributed by atoms with Gasteiger partial charge in [-0.1, -0.05) is 0 Å². The Morgan fingerprint density at radius 3 is 2.61 bits per heavy atom. The van der Waals surface area contributed by atoms with Crippen LogP contribution in [0.3, 0.4) is 0 Å². The number of anilines is 1. The third-order valence-electron chi connectivity index (χ3n) is 2.80. The minimum atomic E-state index is 0.712. The van der Waals surface area contributed by atoms with Crippen LogP contribution >= 0.6 is 22.6 Å². The summed E-state index contributed by atoms with van der Waals surface area (Å²) in [6, 6.07) is 8.30. The summed E-state index contributed by atoms with van der Waals surface area (Å²) < 4.78 is 8.36. The van der Waals surface area contributed by atoms with Crippen molar-refractivity contribution in [1.29, 1.82) is 0 Å². The Labute approximate surface area is 120 Å². The number of aromatic nitrogens is 2. The maximum Gasteiger partial charge on any atom is 0.216 e. The minimum absolute atomic E-state index is 0.712. The number of methoxy groups -OCH3 is 1. The van der Waals surface area contributed by atoms with Gasteiger partial charge >= 0.3 is 0 Å². The second-order valence-corrected chi connectivity index (χ2v) is 5.30. The molecule has 0 saturated carbocycles. The normalized spacial score (nSPS) is 10.4. The van der Waals surface area contributed by atoms with Crippen LogP contribution in [-0.2, 0) is 13.6 Å². The van der Waals surface area contributed by atoms with Crippen molar-refractivity contribution < 1.29 is 4.74 Å². The average Bonchev–Trinajstić information content (AvgIpc) is 2.62. The van der Waals surface area contributed by atoms with Gasteiger partial charge in [-0.25, -0.2) is 4.68 Å². The zero-order valence-electron chi connectivity index (χ0n) is 10.7. The van der Waals surface area contributed by atoms with E-state index in [9.17, 15) is 0 Å². The molecule has 18 heavy (non-hydrogen) atoms. The molecule has 0 fully saturated rings. The molecule has 5 heteroatoms. The minimum Gasteiger partial charge on any atom is -0.481 e. The predicted octanol–water partition coefficient (Wildman–Crippen LogP) is 2.95. The Balaban J connectivity index is 2.12. The Morgan fingerprint density at radius 1 is 1.33 bits per heavy atom. The molecule has 0 amide bonds. The van der Waals surface area contributed by atoms with Crippen molar-refractivity contribution in [3.63, 3.8) is 0 Å². The van der Waals surface area contributed by atoms with E-state index in [1.807, 2.05) is 14.0 Å². The third-order valence-corrected chi connectivity index (χ3v) is 3.51. The molecular formula is C13H16IN3O. The van der Waals surface area contributed by atoms with E-state index in [0.717, 1.165) is 22.8 Å². The Bertz CT molecular complexity index is 534. The van der Waals surface area contributed by atoms with E-state index in [4.69, 9.17) is 4.74 Å². The molecule has 1 heterocycles. The Morgan fingerprint density at radius 2 is 2.00 bits per heavy atom. The van der Waals surface area contributed by atoms with Crippen LogP contribution < -0.4 is 10.1 Å². The largest absolute Gasteiger partial charge is 0.481 e. The molecule has 0 spiro atoms. The van der Waals surface area contributed by atoms with E-state index in [1.165, 1.54) is 3.57 Å². The molecule has 4 nitrogen and oxygen atoms in total. The van der Waals surface area contributed by atoms with Crippen molar-refractivity contribution in [2.24, 2.45) is 7.05 Å². The van der Waals surface area contributed by atoms with Gasteiger partial charge in [0.1, 0.15) is 0 Å². The molecule has 96 valence electrons. The predicted molar refractivity (Wildman–Crippen MR) is 81.0 cm³/mol. The average molecular weight is 357 g/mol. The molecule has 2 rings (SSSR count). The molecule has 0 saturated heterocycles. The van der Waals surface area contributed by atoms with Crippen LogP contribution in [0.25, 0.3) is 0 Å². The van der Waals surface area contributed by atoms with Gasteiger partial charge in [0.15, 0.2) is 0 Å². The van der Waals surface area contributed by atoms with Crippen LogP contribution in [0.1, 0.15) is 11.3 Å². The summed E-state index contributed by atoms with van der Waals surface area (Å²) in [5, 5.41) is 7.74. The lowest BCUT2D eigenvalue weighted by atomic mass is 10.2. The van der Waals surface area contributed by atoms with Gasteiger partial charge in [-0.05, 0) is 53.8 Å². The van der Waals surface area contributed by atoms with Crippen molar-refractivity contribution >= 4 is 28.3 Å². The number of aryl methyl sites for hydroxylation is 2. The first-order valence-corrected chi connectivity index (χ1v) is 6.75. The fourth-order valence-electron chi connectivity index (χ4n) is 1.90. The molecule has 0 aliphatic carbocycles. The summed E-state index contributed by atoms with van der Waals surface area (Å²) in [5.74, 6) is 0.811. The van der Waals surface area contributed by atoms with E-state index in [1.54, 1.807) is 11.8 Å². The summed E-state index contributed by atoms with van der Waals surface area (Å²) in [4.78, 5) is 0. The number of hydrogen-bond donors (Lipinski definition) is 1. The molecule has 0 aliphatic heterocycles. The number of hydrogen-bond acceptors (Lipinski definition) is 3. The number of benzene rings is 1. The molecule has 0 unspecified atom stereocenters. The van der Waals surface area contributed by atoms with Gasteiger partial charge < -0.3 is 10.1 Å². The summed E-state index contributed by atoms with van der Waals surface area (Å²) in [5.41, 5.74) is 3.19. The molecule has 1 aromatic carbocycles. The zero-order chi connectivity index (χ0) is 13.1. The van der Waals surface area contributed by atoms with Gasteiger partial charge in [-0.2, -0.15) is 5.10 Å². The number of ether oxygens (including phenoxy) is 1. The lowest BCUT2D eigenvalue weighted by Crippen LogP contribution is -2.02. The van der Waals surface area contributed by atoms with Gasteiger partial charge in [0.25, 0.3) is 0 Å². The van der Waals surface area contributed by atoms with E-state index in [2.05, 4.69) is 57.3 Å². The topological polar surface area (TPSA) is 39.1 Å². The van der Waals surface area contributed by atoms with Gasteiger partial charge in [0.05, 0.1) is 18.4 Å². The highest BCUT2D eigenvalue weighted by Crippen LogP contribution is 2.22. The number of halogens is 1. The van der Waals surface area contributed by atoms with Crippen LogP contribution in [-0.4, -0.2) is 16.9 Å². The highest BCUT2D eigenvalue weighted by atomic mass is 127. The van der Waals surface area contributed by atoms with E-state index >= 15 is 0 Å². The fraction of sp³-hybridized carbons (Fsp3) is 0.308. The highest BCUT2D eigenvalue weighted by molar-refractivity contribution is 14.1. The van der Waals surface area contributed by atoms with Gasteiger partial charge in [-0.15, -0.1) is 0 Å². The number of rotatable bonds is 4. The second-order valence-electron chi connectivity index (χ2n) is 4.06. The lowest BCUT2D eigenvalue weighted by Gasteiger charge is -2.08. The lowest BCUT2D eigenvalue weighted by molar-refractivity contribution is 0.370. The van der Waals surface area contributed by atoms with E-state index in [-0.39, 0.29) is 0 Å². The van der Waals surface area contributed by atoms with Crippen molar-refractivity contribution in [3.8, 4) is 5.88 Å². The van der Waals surface area contributed by atoms with Crippen LogP contribution in [0, 0.1) is 10.5 Å². The second kappa shape index (κ2) is 5.60. The molecule has 0 aliphatic rings. The summed E-state index contributed by atoms with van der Waals surface area (Å²) in [6.07, 6.45) is 0. The monoisotopic (exact) mass is 357 g/mol. The molecule has 2 aromatic rings. The number of nitrogens with zero attached hydrogens (tertiary/aromatic N) is 2. The Kier molecular flexibility index (Phi) is 4.11. The SMILES string of the molecule is COc1c(CNc2ccc(I)cc2)c(C)nn1C. The summed E-state index contributed by atoms with van der Waals surface area (Å²) in [6.45, 7) is 2.71. The summed E-state index contributed by atoms with van der Waals surface area (Å²) >= 11 is 2.30. The van der Waals surface area contributed by atoms with E-state index in [0.29, 0.717) is 6.54 Å². The standard InChI is InChI=1S/C13H16IN3O/c1-9-12(13(18-3)17(2)16-9)8-15-11-6-4-10(14)5-7-11/h4-7,15H,8H2,1-3H3. The maximum atomic E-state index is 5.36. The Hall–Kier alpha value is -1.24. The van der Waals surface area contributed by atoms with Crippen molar-refractivity contribution in [2.75, 3.05) is 12.4 Å². The fourth-order valence-corrected chi connectivity index (χ4v) is 2.26. The van der Waals surface area contributed by atoms with Crippen molar-refractivity contribution in [1.82, 2.24) is 9.78 Å².